The van der Waals surface area contributed by atoms with Crippen LogP contribution in [0.3, 0.4) is 0 Å². The first-order valence-electron chi connectivity index (χ1n) is 22.2. The predicted molar refractivity (Wildman–Crippen MR) is 252 cm³/mol. The van der Waals surface area contributed by atoms with E-state index in [1.807, 2.05) is 72.8 Å². The van der Waals surface area contributed by atoms with Crippen LogP contribution in [0.25, 0.3) is 22.2 Å². The molecule has 16 heteroatoms. The van der Waals surface area contributed by atoms with Gasteiger partial charge in [0.2, 0.25) is 21.8 Å². The minimum atomic E-state index is -4.20. The molecule has 4 aromatic carbocycles. The second-order valence-corrected chi connectivity index (χ2v) is 20.6. The molecule has 1 aromatic heterocycles. The monoisotopic (exact) mass is 929 g/mol. The van der Waals surface area contributed by atoms with Crippen molar-refractivity contribution in [1.82, 2.24) is 25.2 Å². The van der Waals surface area contributed by atoms with E-state index >= 15 is 0 Å². The van der Waals surface area contributed by atoms with E-state index in [4.69, 9.17) is 23.9 Å². The summed E-state index contributed by atoms with van der Waals surface area (Å²) in [5.74, 6) is -0.984. The molecule has 2 heterocycles. The molecule has 0 spiro atoms. The molecule has 4 amide bonds. The number of likely N-dealkylation sites (tertiary alicyclic amines) is 1. The summed E-state index contributed by atoms with van der Waals surface area (Å²) in [5, 5.41) is 6.27. The van der Waals surface area contributed by atoms with Gasteiger partial charge >= 0.3 is 6.09 Å². The number of methoxy groups -OCH3 is 2. The zero-order chi connectivity index (χ0) is 47.7. The van der Waals surface area contributed by atoms with Gasteiger partial charge < -0.3 is 34.5 Å². The lowest BCUT2D eigenvalue weighted by atomic mass is 9.85. The van der Waals surface area contributed by atoms with Gasteiger partial charge in [0, 0.05) is 35.4 Å². The van der Waals surface area contributed by atoms with E-state index < -0.39 is 73.6 Å². The van der Waals surface area contributed by atoms with Crippen LogP contribution in [0.2, 0.25) is 0 Å². The van der Waals surface area contributed by atoms with Crippen LogP contribution in [0.4, 0.5) is 4.79 Å². The predicted octanol–water partition coefficient (Wildman–Crippen LogP) is 6.75. The Labute approximate surface area is 390 Å². The molecule has 3 fully saturated rings. The van der Waals surface area contributed by atoms with Gasteiger partial charge in [-0.1, -0.05) is 87.5 Å². The van der Waals surface area contributed by atoms with Crippen LogP contribution < -0.4 is 34.3 Å². The van der Waals surface area contributed by atoms with E-state index in [2.05, 4.69) is 21.9 Å². The number of hydrogen-bond acceptors (Lipinski definition) is 11. The van der Waals surface area contributed by atoms with Gasteiger partial charge in [0.25, 0.3) is 5.91 Å². The van der Waals surface area contributed by atoms with Gasteiger partial charge in [0.05, 0.1) is 36.7 Å². The van der Waals surface area contributed by atoms with Crippen molar-refractivity contribution in [1.29, 1.82) is 0 Å². The first-order valence-corrected chi connectivity index (χ1v) is 23.7. The number of hydrogen-bond donors (Lipinski definition) is 3. The van der Waals surface area contributed by atoms with Crippen molar-refractivity contribution >= 4 is 44.7 Å². The van der Waals surface area contributed by atoms with Gasteiger partial charge in [0.1, 0.15) is 46.7 Å². The first kappa shape index (κ1) is 46.6. The third kappa shape index (κ3) is 9.80. The lowest BCUT2D eigenvalue weighted by molar-refractivity contribution is -0.142. The summed E-state index contributed by atoms with van der Waals surface area (Å²) in [6.45, 7) is 9.08. The second-order valence-electron chi connectivity index (χ2n) is 18.5. The minimum Gasteiger partial charge on any atom is -0.497 e. The van der Waals surface area contributed by atoms with Crippen molar-refractivity contribution in [3.8, 4) is 34.3 Å². The number of nitrogens with zero attached hydrogens (tertiary/aromatic N) is 2. The van der Waals surface area contributed by atoms with Crippen molar-refractivity contribution in [2.45, 2.75) is 81.3 Å². The molecule has 2 aliphatic carbocycles. The zero-order valence-corrected chi connectivity index (χ0v) is 38.9. The Morgan fingerprint density at radius 1 is 0.881 bits per heavy atom. The maximum atomic E-state index is 15.0. The standard InChI is InChI=1S/C51H55N5O10S/c1-7-34-30-51(34,47(59)55-67(61,62)50(24-25-50)29-32-14-10-8-11-15-32)54-45(57)42-27-38(65-43-28-40(33-16-12-9-13-17-33)52-41-26-37(64-6)22-23-39(41)43)31-56(42)46(58)44(49(2,3)4)53-48(60)66-36-20-18-35(63-5)19-21-36/h7-23,26,28,34,38,42,44H,1,24-25,27,29-31H2,2-6H3,(H,53,60)(H,54,57)(H,55,59)/t34-,38-,42+,44-,51-/m1/s1. The quantitative estimate of drug-likeness (QED) is 0.0887. The van der Waals surface area contributed by atoms with E-state index in [0.717, 1.165) is 11.1 Å². The maximum absolute atomic E-state index is 15.0. The molecular formula is C51H55N5O10S. The SMILES string of the molecule is C=C[C@@H]1C[C@]1(NC(=O)[C@@H]1C[C@@H](Oc2cc(-c3ccccc3)nc3cc(OC)ccc23)CN1C(=O)[C@@H](NC(=O)Oc1ccc(OC)cc1)C(C)(C)C)C(=O)NS(=O)(=O)C1(Cc2ccccc2)CC1. The number of pyridine rings is 1. The van der Waals surface area contributed by atoms with E-state index in [0.29, 0.717) is 46.7 Å². The van der Waals surface area contributed by atoms with Crippen LogP contribution in [-0.2, 0) is 30.8 Å². The summed E-state index contributed by atoms with van der Waals surface area (Å²) < 4.78 is 52.1. The molecule has 15 nitrogen and oxygen atoms in total. The van der Waals surface area contributed by atoms with E-state index in [1.54, 1.807) is 64.3 Å². The number of rotatable bonds is 16. The fourth-order valence-corrected chi connectivity index (χ4v) is 10.4. The van der Waals surface area contributed by atoms with Gasteiger partial charge in [-0.05, 0) is 73.1 Å². The number of carbonyl (C=O) groups is 4. The molecular weight excluding hydrogens is 875 g/mol. The van der Waals surface area contributed by atoms with Gasteiger partial charge in [-0.15, -0.1) is 6.58 Å². The summed E-state index contributed by atoms with van der Waals surface area (Å²) in [6, 6.07) is 29.9. The number of benzene rings is 4. The number of aromatic nitrogens is 1. The van der Waals surface area contributed by atoms with Gasteiger partial charge in [-0.3, -0.25) is 19.1 Å². The second kappa shape index (κ2) is 18.4. The zero-order valence-electron chi connectivity index (χ0n) is 38.1. The van der Waals surface area contributed by atoms with Gasteiger partial charge in [0.15, 0.2) is 0 Å². The topological polar surface area (TPSA) is 192 Å². The molecule has 1 saturated heterocycles. The largest absolute Gasteiger partial charge is 0.497 e. The molecule has 0 unspecified atom stereocenters. The Bertz CT molecular complexity index is 2800. The molecule has 1 aliphatic heterocycles. The highest BCUT2D eigenvalue weighted by molar-refractivity contribution is 7.91. The molecule has 0 radical (unpaired) electrons. The molecule has 3 N–H and O–H groups in total. The number of fused-ring (bicyclic) bond motifs is 1. The molecule has 0 bridgehead atoms. The Morgan fingerprint density at radius 3 is 2.13 bits per heavy atom. The molecule has 5 aromatic rings. The van der Waals surface area contributed by atoms with Crippen LogP contribution in [0.15, 0.2) is 122 Å². The van der Waals surface area contributed by atoms with Gasteiger partial charge in [-0.25, -0.2) is 18.2 Å². The van der Waals surface area contributed by atoms with Crippen molar-refractivity contribution < 1.29 is 46.5 Å². The smallest absolute Gasteiger partial charge is 0.413 e. The normalized spacial score (nSPS) is 21.0. The van der Waals surface area contributed by atoms with E-state index in [-0.39, 0.29) is 31.6 Å². The van der Waals surface area contributed by atoms with Crippen LogP contribution in [-0.4, -0.2) is 91.4 Å². The van der Waals surface area contributed by atoms with Crippen LogP contribution >= 0.6 is 0 Å². The minimum absolute atomic E-state index is 0.0275. The fraction of sp³-hybridized carbons (Fsp3) is 0.353. The fourth-order valence-electron chi connectivity index (χ4n) is 8.73. The molecule has 8 rings (SSSR count). The molecule has 5 atom stereocenters. The number of nitrogens with one attached hydrogen (secondary N) is 3. The number of ether oxygens (including phenoxy) is 4. The Hall–Kier alpha value is -6.94. The Morgan fingerprint density at radius 2 is 1.52 bits per heavy atom. The summed E-state index contributed by atoms with van der Waals surface area (Å²) in [7, 11) is -1.12. The van der Waals surface area contributed by atoms with Gasteiger partial charge in [-0.2, -0.15) is 0 Å². The molecule has 350 valence electrons. The Kier molecular flexibility index (Phi) is 12.8. The first-order chi connectivity index (χ1) is 32.0. The van der Waals surface area contributed by atoms with Crippen molar-refractivity contribution in [2.75, 3.05) is 20.8 Å². The molecule has 3 aliphatic rings. The number of amides is 4. The highest BCUT2D eigenvalue weighted by Crippen LogP contribution is 2.49. The lowest BCUT2D eigenvalue weighted by Crippen LogP contribution is -2.60. The van der Waals surface area contributed by atoms with Crippen LogP contribution in [0.1, 0.15) is 52.0 Å². The van der Waals surface area contributed by atoms with Crippen molar-refractivity contribution in [3.63, 3.8) is 0 Å². The molecule has 67 heavy (non-hydrogen) atoms. The number of carbonyl (C=O) groups excluding carboxylic acids is 4. The van der Waals surface area contributed by atoms with Crippen LogP contribution in [0.5, 0.6) is 23.0 Å². The third-order valence-corrected chi connectivity index (χ3v) is 15.0. The summed E-state index contributed by atoms with van der Waals surface area (Å²) >= 11 is 0. The number of sulfonamides is 1. The van der Waals surface area contributed by atoms with E-state index in [1.165, 1.54) is 18.1 Å². The third-order valence-electron chi connectivity index (χ3n) is 12.9. The van der Waals surface area contributed by atoms with E-state index in [9.17, 15) is 27.6 Å². The molecule has 2 saturated carbocycles. The summed E-state index contributed by atoms with van der Waals surface area (Å²) in [6.07, 6.45) is 0.865. The lowest BCUT2D eigenvalue weighted by Gasteiger charge is -2.35. The summed E-state index contributed by atoms with van der Waals surface area (Å²) in [5.41, 5.74) is 0.306. The van der Waals surface area contributed by atoms with Crippen molar-refractivity contribution in [2.24, 2.45) is 11.3 Å². The summed E-state index contributed by atoms with van der Waals surface area (Å²) in [4.78, 5) is 63.8. The highest BCUT2D eigenvalue weighted by Gasteiger charge is 2.63. The average molecular weight is 930 g/mol. The highest BCUT2D eigenvalue weighted by atomic mass is 32.2. The maximum Gasteiger partial charge on any atom is 0.413 e. The van der Waals surface area contributed by atoms with Crippen LogP contribution in [0, 0.1) is 11.3 Å². The average Bonchev–Trinajstić information content (AvgIpc) is 4.22. The van der Waals surface area contributed by atoms with Crippen molar-refractivity contribution in [3.05, 3.63) is 127 Å². The Balaban J connectivity index is 1.09.